The van der Waals surface area contributed by atoms with E-state index in [0.29, 0.717) is 12.3 Å². The van der Waals surface area contributed by atoms with Crippen molar-refractivity contribution in [1.29, 1.82) is 0 Å². The van der Waals surface area contributed by atoms with Crippen LogP contribution < -0.4 is 0 Å². The van der Waals surface area contributed by atoms with Gasteiger partial charge in [-0.25, -0.2) is 0 Å². The van der Waals surface area contributed by atoms with E-state index in [4.69, 9.17) is 4.74 Å². The summed E-state index contributed by atoms with van der Waals surface area (Å²) in [6.07, 6.45) is 2.67. The Kier molecular flexibility index (Phi) is 8.16. The summed E-state index contributed by atoms with van der Waals surface area (Å²) in [5.74, 6) is -2.95. The lowest BCUT2D eigenvalue weighted by Gasteiger charge is -2.26. The minimum Gasteiger partial charge on any atom is -0.451 e. The average Bonchev–Trinajstić information content (AvgIpc) is 2.99. The number of unbranched alkanes of at least 4 members (excludes halogenated alkanes) is 1. The standard InChI is InChI=1S/C19H23F2NO3S2/c1-14(23)25-17(19(20,21)15-7-3-2-4-8-15)10-9-16-13-27-18(24)22(16)11-5-6-12-26/h2-4,7-10,16-17,26H,5-6,11-13H2,1H3. The van der Waals surface area contributed by atoms with Crippen LogP contribution in [0.1, 0.15) is 25.3 Å². The summed E-state index contributed by atoms with van der Waals surface area (Å²) in [4.78, 5) is 25.0. The third-order valence-corrected chi connectivity index (χ3v) is 5.44. The van der Waals surface area contributed by atoms with Crippen molar-refractivity contribution in [2.24, 2.45) is 0 Å². The fourth-order valence-corrected chi connectivity index (χ4v) is 3.96. The van der Waals surface area contributed by atoms with Crippen molar-refractivity contribution in [3.63, 3.8) is 0 Å². The molecule has 2 rings (SSSR count). The molecule has 0 aromatic heterocycles. The normalized spacial score (nSPS) is 18.9. The lowest BCUT2D eigenvalue weighted by molar-refractivity contribution is -0.165. The Labute approximate surface area is 167 Å². The van der Waals surface area contributed by atoms with E-state index < -0.39 is 18.0 Å². The number of thioether (sulfide) groups is 1. The Hall–Kier alpha value is -1.54. The summed E-state index contributed by atoms with van der Waals surface area (Å²) in [5, 5.41) is -0.0670. The van der Waals surface area contributed by atoms with E-state index in [0.717, 1.165) is 37.3 Å². The predicted octanol–water partition coefficient (Wildman–Crippen LogP) is 4.51. The van der Waals surface area contributed by atoms with Gasteiger partial charge < -0.3 is 9.64 Å². The second-order valence-corrected chi connectivity index (χ2v) is 7.59. The zero-order valence-corrected chi connectivity index (χ0v) is 16.7. The van der Waals surface area contributed by atoms with Crippen molar-refractivity contribution < 1.29 is 23.1 Å². The van der Waals surface area contributed by atoms with Crippen molar-refractivity contribution >= 4 is 35.6 Å². The topological polar surface area (TPSA) is 46.6 Å². The van der Waals surface area contributed by atoms with Crippen LogP contribution in [0, 0.1) is 0 Å². The quantitative estimate of drug-likeness (QED) is 0.279. The number of ether oxygens (including phenoxy) is 1. The zero-order chi connectivity index (χ0) is 19.9. The van der Waals surface area contributed by atoms with Gasteiger partial charge in [-0.2, -0.15) is 21.4 Å². The third kappa shape index (κ3) is 5.97. The number of hydrogen-bond donors (Lipinski definition) is 1. The van der Waals surface area contributed by atoms with Crippen molar-refractivity contribution in [2.45, 2.75) is 37.8 Å². The number of alkyl halides is 2. The summed E-state index contributed by atoms with van der Waals surface area (Å²) < 4.78 is 34.6. The third-order valence-electron chi connectivity index (χ3n) is 4.14. The summed E-state index contributed by atoms with van der Waals surface area (Å²) in [6.45, 7) is 1.65. The van der Waals surface area contributed by atoms with Gasteiger partial charge in [-0.3, -0.25) is 9.59 Å². The molecule has 2 atom stereocenters. The van der Waals surface area contributed by atoms with Gasteiger partial charge in [-0.1, -0.05) is 48.2 Å². The molecule has 8 heteroatoms. The molecule has 27 heavy (non-hydrogen) atoms. The first-order valence-electron chi connectivity index (χ1n) is 8.69. The van der Waals surface area contributed by atoms with Crippen LogP contribution in [0.3, 0.4) is 0 Å². The molecule has 4 nitrogen and oxygen atoms in total. The number of carbonyl (C=O) groups is 2. The maximum atomic E-state index is 14.9. The fraction of sp³-hybridized carbons (Fsp3) is 0.474. The highest BCUT2D eigenvalue weighted by Gasteiger charge is 2.42. The van der Waals surface area contributed by atoms with Gasteiger partial charge in [0.15, 0.2) is 6.10 Å². The van der Waals surface area contributed by atoms with Crippen LogP contribution in [-0.4, -0.2) is 46.3 Å². The van der Waals surface area contributed by atoms with Gasteiger partial charge in [-0.05, 0) is 24.7 Å². The maximum Gasteiger partial charge on any atom is 0.312 e. The number of thiol groups is 1. The molecule has 1 aliphatic rings. The molecule has 0 saturated carbocycles. The van der Waals surface area contributed by atoms with Crippen LogP contribution in [0.2, 0.25) is 0 Å². The van der Waals surface area contributed by atoms with E-state index in [1.807, 2.05) is 0 Å². The largest absolute Gasteiger partial charge is 0.451 e. The van der Waals surface area contributed by atoms with Crippen LogP contribution in [0.4, 0.5) is 13.6 Å². The minimum absolute atomic E-state index is 0.0670. The molecule has 1 aliphatic heterocycles. The van der Waals surface area contributed by atoms with Crippen LogP contribution >= 0.6 is 24.4 Å². The van der Waals surface area contributed by atoms with Crippen LogP contribution in [0.5, 0.6) is 0 Å². The molecule has 0 spiro atoms. The van der Waals surface area contributed by atoms with E-state index in [-0.39, 0.29) is 16.8 Å². The highest BCUT2D eigenvalue weighted by Crippen LogP contribution is 2.35. The van der Waals surface area contributed by atoms with E-state index >= 15 is 0 Å². The fourth-order valence-electron chi connectivity index (χ4n) is 2.74. The number of benzene rings is 1. The molecule has 0 bridgehead atoms. The molecule has 0 N–H and O–H groups in total. The Balaban J connectivity index is 2.17. The first-order chi connectivity index (χ1) is 12.9. The molecule has 2 unspecified atom stereocenters. The number of halogens is 2. The van der Waals surface area contributed by atoms with E-state index in [1.165, 1.54) is 30.3 Å². The van der Waals surface area contributed by atoms with Gasteiger partial charge in [0.1, 0.15) is 0 Å². The summed E-state index contributed by atoms with van der Waals surface area (Å²) >= 11 is 5.32. The SMILES string of the molecule is CC(=O)OC(C=CC1CSC(=O)N1CCCCS)C(F)(F)c1ccccc1. The number of nitrogens with zero attached hydrogens (tertiary/aromatic N) is 1. The molecule has 1 aromatic rings. The van der Waals surface area contributed by atoms with Crippen molar-refractivity contribution in [2.75, 3.05) is 18.1 Å². The number of carbonyl (C=O) groups excluding carboxylic acids is 2. The molecule has 148 valence electrons. The van der Waals surface area contributed by atoms with Gasteiger partial charge in [-0.15, -0.1) is 0 Å². The van der Waals surface area contributed by atoms with Gasteiger partial charge >= 0.3 is 11.9 Å². The highest BCUT2D eigenvalue weighted by atomic mass is 32.2. The molecule has 1 fully saturated rings. The van der Waals surface area contributed by atoms with Crippen molar-refractivity contribution in [1.82, 2.24) is 4.90 Å². The monoisotopic (exact) mass is 415 g/mol. The highest BCUT2D eigenvalue weighted by molar-refractivity contribution is 8.13. The Morgan fingerprint density at radius 1 is 1.41 bits per heavy atom. The number of amides is 1. The van der Waals surface area contributed by atoms with Gasteiger partial charge in [0, 0.05) is 24.8 Å². The smallest absolute Gasteiger partial charge is 0.312 e. The maximum absolute atomic E-state index is 14.9. The Morgan fingerprint density at radius 2 is 2.11 bits per heavy atom. The van der Waals surface area contributed by atoms with E-state index in [1.54, 1.807) is 17.0 Å². The summed E-state index contributed by atoms with van der Waals surface area (Å²) in [6, 6.07) is 6.94. The lowest BCUT2D eigenvalue weighted by Crippen LogP contribution is -2.36. The first kappa shape index (κ1) is 21.8. The van der Waals surface area contributed by atoms with E-state index in [9.17, 15) is 18.4 Å². The molecule has 0 aliphatic carbocycles. The second-order valence-electron chi connectivity index (χ2n) is 6.17. The van der Waals surface area contributed by atoms with Gasteiger partial charge in [0.25, 0.3) is 5.24 Å². The average molecular weight is 416 g/mol. The molecule has 1 amide bonds. The predicted molar refractivity (Wildman–Crippen MR) is 106 cm³/mol. The van der Waals surface area contributed by atoms with Gasteiger partial charge in [0.05, 0.1) is 6.04 Å². The molecular formula is C19H23F2NO3S2. The zero-order valence-electron chi connectivity index (χ0n) is 15.0. The Morgan fingerprint density at radius 3 is 2.74 bits per heavy atom. The molecule has 1 saturated heterocycles. The number of rotatable bonds is 9. The summed E-state index contributed by atoms with van der Waals surface area (Å²) in [7, 11) is 0. The molecular weight excluding hydrogens is 392 g/mol. The second kappa shape index (κ2) is 10.1. The van der Waals surface area contributed by atoms with Gasteiger partial charge in [0.2, 0.25) is 0 Å². The molecule has 1 aromatic carbocycles. The molecule has 0 radical (unpaired) electrons. The van der Waals surface area contributed by atoms with Crippen molar-refractivity contribution in [3.05, 3.63) is 48.0 Å². The van der Waals surface area contributed by atoms with Crippen molar-refractivity contribution in [3.8, 4) is 0 Å². The number of esters is 1. The minimum atomic E-state index is -3.38. The lowest BCUT2D eigenvalue weighted by atomic mass is 10.0. The van der Waals surface area contributed by atoms with Crippen LogP contribution in [0.15, 0.2) is 42.5 Å². The van der Waals surface area contributed by atoms with Crippen LogP contribution in [-0.2, 0) is 15.5 Å². The van der Waals surface area contributed by atoms with Crippen LogP contribution in [0.25, 0.3) is 0 Å². The number of hydrogen-bond acceptors (Lipinski definition) is 5. The summed E-state index contributed by atoms with van der Waals surface area (Å²) in [5.41, 5.74) is -0.233. The first-order valence-corrected chi connectivity index (χ1v) is 10.3. The molecule has 1 heterocycles. The Bertz CT molecular complexity index is 670. The van der Waals surface area contributed by atoms with E-state index in [2.05, 4.69) is 12.6 Å².